The van der Waals surface area contributed by atoms with Crippen LogP contribution < -0.4 is 10.6 Å². The standard InChI is InChI=1S/C25H38N4O/c1-29-23(30)25(28-24(29)26,16-15-19-9-4-2-5-10-19)21-13-8-14-22(17-21)27-18-20-11-6-3-7-12-20/h3,6-7,11-12,19,21-22,27H,2,4-5,8-10,13-18H2,1H3,(H2,26,28)/t21-,22?,25-/m1/s1. The van der Waals surface area contributed by atoms with Crippen molar-refractivity contribution in [2.75, 3.05) is 7.05 Å². The molecule has 3 N–H and O–H groups in total. The number of guanidine groups is 1. The molecule has 1 amide bonds. The van der Waals surface area contributed by atoms with Gasteiger partial charge in [0, 0.05) is 19.6 Å². The minimum absolute atomic E-state index is 0.122. The van der Waals surface area contributed by atoms with Crippen LogP contribution in [0, 0.1) is 17.2 Å². The molecule has 3 atom stereocenters. The van der Waals surface area contributed by atoms with Gasteiger partial charge in [-0.2, -0.15) is 0 Å². The summed E-state index contributed by atoms with van der Waals surface area (Å²) >= 11 is 0. The lowest BCUT2D eigenvalue weighted by atomic mass is 9.69. The second kappa shape index (κ2) is 9.51. The maximum atomic E-state index is 13.4. The van der Waals surface area contributed by atoms with Crippen molar-refractivity contribution in [2.45, 2.75) is 88.8 Å². The van der Waals surface area contributed by atoms with E-state index >= 15 is 0 Å². The first-order valence-electron chi connectivity index (χ1n) is 12.0. The molecule has 30 heavy (non-hydrogen) atoms. The molecular formula is C25H38N4O. The highest BCUT2D eigenvalue weighted by Gasteiger charge is 2.53. The number of carbonyl (C=O) groups is 1. The van der Waals surface area contributed by atoms with Gasteiger partial charge in [0.15, 0.2) is 5.96 Å². The highest BCUT2D eigenvalue weighted by Crippen LogP contribution is 2.41. The Bertz CT molecular complexity index is 730. The van der Waals surface area contributed by atoms with Crippen LogP contribution in [0.4, 0.5) is 0 Å². The number of rotatable bonds is 7. The molecular weight excluding hydrogens is 372 g/mol. The number of amides is 1. The Balaban J connectivity index is 1.44. The van der Waals surface area contributed by atoms with Crippen LogP contribution in [0.1, 0.15) is 76.2 Å². The minimum atomic E-state index is -0.573. The summed E-state index contributed by atoms with van der Waals surface area (Å²) in [5.41, 5.74) is 0.735. The fourth-order valence-electron chi connectivity index (χ4n) is 5.99. The Morgan fingerprint density at radius 1 is 1.10 bits per heavy atom. The van der Waals surface area contributed by atoms with Gasteiger partial charge in [-0.1, -0.05) is 68.9 Å². The van der Waals surface area contributed by atoms with Crippen LogP contribution in [0.2, 0.25) is 0 Å². The zero-order chi connectivity index (χ0) is 21.0. The zero-order valence-corrected chi connectivity index (χ0v) is 18.5. The van der Waals surface area contributed by atoms with Crippen molar-refractivity contribution in [3.63, 3.8) is 0 Å². The predicted octanol–water partition coefficient (Wildman–Crippen LogP) is 4.43. The second-order valence-electron chi connectivity index (χ2n) is 9.78. The van der Waals surface area contributed by atoms with Gasteiger partial charge in [-0.3, -0.25) is 15.1 Å². The summed E-state index contributed by atoms with van der Waals surface area (Å²) in [6, 6.07) is 11.0. The first-order chi connectivity index (χ1) is 14.6. The quantitative estimate of drug-likeness (QED) is 0.623. The summed E-state index contributed by atoms with van der Waals surface area (Å²) in [6.07, 6.45) is 13.0. The first kappa shape index (κ1) is 21.4. The van der Waals surface area contributed by atoms with Crippen LogP contribution in [0.15, 0.2) is 30.3 Å². The van der Waals surface area contributed by atoms with Crippen LogP contribution in [0.25, 0.3) is 0 Å². The van der Waals surface area contributed by atoms with Crippen molar-refractivity contribution < 1.29 is 4.79 Å². The normalized spacial score (nSPS) is 30.5. The number of benzene rings is 1. The average Bonchev–Trinajstić information content (AvgIpc) is 3.02. The van der Waals surface area contributed by atoms with Crippen molar-refractivity contribution in [1.29, 1.82) is 5.41 Å². The second-order valence-corrected chi connectivity index (χ2v) is 9.78. The summed E-state index contributed by atoms with van der Waals surface area (Å²) in [5.74, 6) is 1.45. The van der Waals surface area contributed by atoms with Gasteiger partial charge < -0.3 is 10.6 Å². The van der Waals surface area contributed by atoms with Crippen molar-refractivity contribution in [1.82, 2.24) is 15.5 Å². The molecule has 5 nitrogen and oxygen atoms in total. The smallest absolute Gasteiger partial charge is 0.255 e. The molecule has 1 saturated heterocycles. The number of carbonyl (C=O) groups excluding carboxylic acids is 1. The van der Waals surface area contributed by atoms with Crippen LogP contribution in [0.3, 0.4) is 0 Å². The summed E-state index contributed by atoms with van der Waals surface area (Å²) in [7, 11) is 1.76. The third-order valence-electron chi connectivity index (χ3n) is 7.84. The van der Waals surface area contributed by atoms with Gasteiger partial charge >= 0.3 is 0 Å². The molecule has 1 aromatic rings. The number of likely N-dealkylation sites (N-methyl/N-ethyl adjacent to an activating group) is 1. The molecule has 1 heterocycles. The number of nitrogens with zero attached hydrogens (tertiary/aromatic N) is 1. The Kier molecular flexibility index (Phi) is 6.77. The largest absolute Gasteiger partial charge is 0.341 e. The fraction of sp³-hybridized carbons (Fsp3) is 0.680. The lowest BCUT2D eigenvalue weighted by Crippen LogP contribution is -2.56. The van der Waals surface area contributed by atoms with Crippen LogP contribution in [-0.4, -0.2) is 35.4 Å². The van der Waals surface area contributed by atoms with E-state index in [1.807, 2.05) is 0 Å². The van der Waals surface area contributed by atoms with Crippen molar-refractivity contribution in [3.8, 4) is 0 Å². The van der Waals surface area contributed by atoms with Crippen LogP contribution in [-0.2, 0) is 11.3 Å². The zero-order valence-electron chi connectivity index (χ0n) is 18.5. The fourth-order valence-corrected chi connectivity index (χ4v) is 5.99. The molecule has 2 aliphatic carbocycles. The van der Waals surface area contributed by atoms with E-state index in [2.05, 4.69) is 41.0 Å². The number of hydrogen-bond acceptors (Lipinski definition) is 3. The predicted molar refractivity (Wildman–Crippen MR) is 121 cm³/mol. The molecule has 0 bridgehead atoms. The average molecular weight is 411 g/mol. The molecule has 0 aromatic heterocycles. The van der Waals surface area contributed by atoms with E-state index in [0.717, 1.165) is 44.6 Å². The summed E-state index contributed by atoms with van der Waals surface area (Å²) < 4.78 is 0. The van der Waals surface area contributed by atoms with Crippen molar-refractivity contribution in [3.05, 3.63) is 35.9 Å². The van der Waals surface area contributed by atoms with Gasteiger partial charge in [0.2, 0.25) is 0 Å². The molecule has 5 heteroatoms. The lowest BCUT2D eigenvalue weighted by Gasteiger charge is -2.41. The topological polar surface area (TPSA) is 68.2 Å². The van der Waals surface area contributed by atoms with Crippen molar-refractivity contribution >= 4 is 11.9 Å². The molecule has 1 unspecified atom stereocenters. The molecule has 2 saturated carbocycles. The van der Waals surface area contributed by atoms with Gasteiger partial charge in [-0.15, -0.1) is 0 Å². The molecule has 4 rings (SSSR count). The molecule has 3 aliphatic rings. The first-order valence-corrected chi connectivity index (χ1v) is 12.0. The Hall–Kier alpha value is -1.88. The summed E-state index contributed by atoms with van der Waals surface area (Å²) in [4.78, 5) is 14.9. The Labute approximate surface area is 181 Å². The molecule has 1 aliphatic heterocycles. The Morgan fingerprint density at radius 2 is 1.87 bits per heavy atom. The molecule has 0 spiro atoms. The van der Waals surface area contributed by atoms with Crippen LogP contribution >= 0.6 is 0 Å². The third kappa shape index (κ3) is 4.56. The number of nitrogens with one attached hydrogen (secondary N) is 3. The maximum absolute atomic E-state index is 13.4. The van der Waals surface area contributed by atoms with Gasteiger partial charge in [-0.05, 0) is 49.5 Å². The van der Waals surface area contributed by atoms with E-state index in [-0.39, 0.29) is 11.9 Å². The monoisotopic (exact) mass is 410 g/mol. The molecule has 3 fully saturated rings. The maximum Gasteiger partial charge on any atom is 0.255 e. The van der Waals surface area contributed by atoms with E-state index in [4.69, 9.17) is 5.41 Å². The van der Waals surface area contributed by atoms with Crippen molar-refractivity contribution in [2.24, 2.45) is 11.8 Å². The minimum Gasteiger partial charge on any atom is -0.341 e. The molecule has 164 valence electrons. The third-order valence-corrected chi connectivity index (χ3v) is 7.84. The van der Waals surface area contributed by atoms with Gasteiger partial charge in [-0.25, -0.2) is 0 Å². The SMILES string of the molecule is CN1C(=N)N[C@](CCC2CCCCC2)([C@@H]2CCCC(NCc3ccccc3)C2)C1=O. The summed E-state index contributed by atoms with van der Waals surface area (Å²) in [6.45, 7) is 0.879. The lowest BCUT2D eigenvalue weighted by molar-refractivity contribution is -0.133. The van der Waals surface area contributed by atoms with Crippen LogP contribution in [0.5, 0.6) is 0 Å². The molecule has 1 aromatic carbocycles. The number of hydrogen-bond donors (Lipinski definition) is 3. The highest BCUT2D eigenvalue weighted by atomic mass is 16.2. The van der Waals surface area contributed by atoms with E-state index < -0.39 is 5.54 Å². The van der Waals surface area contributed by atoms with E-state index in [1.165, 1.54) is 44.1 Å². The van der Waals surface area contributed by atoms with E-state index in [9.17, 15) is 4.79 Å². The van der Waals surface area contributed by atoms with Gasteiger partial charge in [0.05, 0.1) is 0 Å². The highest BCUT2D eigenvalue weighted by molar-refractivity contribution is 6.07. The van der Waals surface area contributed by atoms with Gasteiger partial charge in [0.1, 0.15) is 5.54 Å². The van der Waals surface area contributed by atoms with Gasteiger partial charge in [0.25, 0.3) is 5.91 Å². The Morgan fingerprint density at radius 3 is 2.57 bits per heavy atom. The molecule has 0 radical (unpaired) electrons. The summed E-state index contributed by atoms with van der Waals surface area (Å²) in [5, 5.41) is 15.5. The van der Waals surface area contributed by atoms with E-state index in [0.29, 0.717) is 12.0 Å². The van der Waals surface area contributed by atoms with E-state index in [1.54, 1.807) is 11.9 Å².